The summed E-state index contributed by atoms with van der Waals surface area (Å²) in [4.78, 5) is 24.1. The Hall–Kier alpha value is -1.98. The van der Waals surface area contributed by atoms with Gasteiger partial charge in [0.15, 0.2) is 0 Å². The first-order chi connectivity index (χ1) is 9.40. The lowest BCUT2D eigenvalue weighted by atomic mass is 10.1. The Kier molecular flexibility index (Phi) is 5.61. The monoisotopic (exact) mass is 282 g/mol. The highest BCUT2D eigenvalue weighted by molar-refractivity contribution is 5.98. The van der Waals surface area contributed by atoms with E-state index in [1.807, 2.05) is 13.8 Å². The summed E-state index contributed by atoms with van der Waals surface area (Å²) in [5, 5.41) is 10.9. The topological polar surface area (TPSA) is 63.5 Å². The molecule has 6 heteroatoms. The van der Waals surface area contributed by atoms with Gasteiger partial charge in [-0.2, -0.15) is 0 Å². The molecule has 0 aliphatic carbocycles. The van der Waals surface area contributed by atoms with E-state index in [1.165, 1.54) is 4.90 Å². The van der Waals surface area contributed by atoms with E-state index in [9.17, 15) is 19.3 Å². The largest absolute Gasteiger partial charge is 0.338 e. The first-order valence-corrected chi connectivity index (χ1v) is 6.63. The Bertz CT molecular complexity index is 505. The molecule has 1 aromatic rings. The van der Waals surface area contributed by atoms with Gasteiger partial charge in [0.05, 0.1) is 4.92 Å². The van der Waals surface area contributed by atoms with Gasteiger partial charge in [0.25, 0.3) is 11.6 Å². The first-order valence-electron chi connectivity index (χ1n) is 6.63. The molecule has 0 saturated carbocycles. The van der Waals surface area contributed by atoms with Crippen molar-refractivity contribution < 1.29 is 14.1 Å². The summed E-state index contributed by atoms with van der Waals surface area (Å²) in [6.45, 7) is 6.73. The second kappa shape index (κ2) is 6.98. The van der Waals surface area contributed by atoms with E-state index < -0.39 is 16.6 Å². The third-order valence-electron chi connectivity index (χ3n) is 3.28. The number of rotatable bonds is 6. The first kappa shape index (κ1) is 16.1. The highest BCUT2D eigenvalue weighted by Crippen LogP contribution is 2.22. The van der Waals surface area contributed by atoms with Gasteiger partial charge in [-0.05, 0) is 25.0 Å². The fourth-order valence-corrected chi connectivity index (χ4v) is 1.87. The van der Waals surface area contributed by atoms with Gasteiger partial charge in [-0.3, -0.25) is 14.9 Å². The predicted octanol–water partition coefficient (Wildman–Crippen LogP) is 3.24. The molecular weight excluding hydrogens is 263 g/mol. The van der Waals surface area contributed by atoms with Crippen molar-refractivity contribution in [3.63, 3.8) is 0 Å². The molecule has 0 aromatic heterocycles. The quantitative estimate of drug-likeness (QED) is 0.594. The third kappa shape index (κ3) is 3.76. The summed E-state index contributed by atoms with van der Waals surface area (Å²) < 4.78 is 13.3. The lowest BCUT2D eigenvalue weighted by molar-refractivity contribution is -0.385. The van der Waals surface area contributed by atoms with Crippen LogP contribution in [0.5, 0.6) is 0 Å². The molecule has 5 nitrogen and oxygen atoms in total. The molecule has 1 aromatic carbocycles. The minimum atomic E-state index is -0.663. The van der Waals surface area contributed by atoms with Crippen LogP contribution >= 0.6 is 0 Å². The fourth-order valence-electron chi connectivity index (χ4n) is 1.87. The molecule has 20 heavy (non-hydrogen) atoms. The molecule has 1 amide bonds. The van der Waals surface area contributed by atoms with Gasteiger partial charge in [0, 0.05) is 19.2 Å². The zero-order valence-electron chi connectivity index (χ0n) is 11.9. The summed E-state index contributed by atoms with van der Waals surface area (Å²) in [5.41, 5.74) is -0.556. The van der Waals surface area contributed by atoms with Gasteiger partial charge in [0.2, 0.25) is 0 Å². The number of amides is 1. The molecule has 0 fully saturated rings. The number of carbonyl (C=O) groups excluding carboxylic acids is 1. The average Bonchev–Trinajstić information content (AvgIpc) is 2.43. The maximum absolute atomic E-state index is 13.3. The maximum atomic E-state index is 13.3. The van der Waals surface area contributed by atoms with Gasteiger partial charge >= 0.3 is 0 Å². The molecular formula is C14H19FN2O3. The second-order valence-electron chi connectivity index (χ2n) is 4.78. The molecule has 1 unspecified atom stereocenters. The van der Waals surface area contributed by atoms with Gasteiger partial charge in [-0.1, -0.05) is 20.3 Å². The van der Waals surface area contributed by atoms with Crippen molar-refractivity contribution in [1.82, 2.24) is 4.90 Å². The van der Waals surface area contributed by atoms with Crippen LogP contribution in [0.3, 0.4) is 0 Å². The molecule has 0 aliphatic rings. The smallest absolute Gasteiger partial charge is 0.282 e. The van der Waals surface area contributed by atoms with Crippen molar-refractivity contribution in [2.24, 2.45) is 5.92 Å². The van der Waals surface area contributed by atoms with Gasteiger partial charge < -0.3 is 4.90 Å². The van der Waals surface area contributed by atoms with Crippen LogP contribution in [0.15, 0.2) is 18.2 Å². The maximum Gasteiger partial charge on any atom is 0.282 e. The zero-order valence-corrected chi connectivity index (χ0v) is 11.9. The van der Waals surface area contributed by atoms with Crippen LogP contribution in [0.2, 0.25) is 0 Å². The Morgan fingerprint density at radius 3 is 2.60 bits per heavy atom. The van der Waals surface area contributed by atoms with E-state index in [0.29, 0.717) is 13.1 Å². The molecule has 110 valence electrons. The number of nitro benzene ring substituents is 1. The molecule has 0 aliphatic heterocycles. The van der Waals surface area contributed by atoms with E-state index >= 15 is 0 Å². The van der Waals surface area contributed by atoms with E-state index in [4.69, 9.17) is 0 Å². The predicted molar refractivity (Wildman–Crippen MR) is 74.1 cm³/mol. The van der Waals surface area contributed by atoms with E-state index in [2.05, 4.69) is 0 Å². The highest BCUT2D eigenvalue weighted by atomic mass is 19.1. The molecule has 0 N–H and O–H groups in total. The number of nitrogens with zero attached hydrogens (tertiary/aromatic N) is 2. The van der Waals surface area contributed by atoms with Crippen LogP contribution in [0, 0.1) is 21.8 Å². The van der Waals surface area contributed by atoms with Crippen LogP contribution in [0.1, 0.15) is 37.6 Å². The Labute approximate surface area is 117 Å². The number of hydrogen-bond donors (Lipinski definition) is 0. The van der Waals surface area contributed by atoms with Crippen molar-refractivity contribution in [3.05, 3.63) is 39.7 Å². The van der Waals surface area contributed by atoms with Gasteiger partial charge in [0.1, 0.15) is 11.4 Å². The standard InChI is InChI=1S/C14H19FN2O3/c1-4-10(3)9-16(5-2)14(18)12-8-11(15)6-7-13(12)17(19)20/h6-8,10H,4-5,9H2,1-3H3. The number of nitro groups is 1. The average molecular weight is 282 g/mol. The number of halogens is 1. The van der Waals surface area contributed by atoms with Crippen LogP contribution in [0.4, 0.5) is 10.1 Å². The number of benzene rings is 1. The Balaban J connectivity index is 3.11. The van der Waals surface area contributed by atoms with Crippen molar-refractivity contribution in [3.8, 4) is 0 Å². The van der Waals surface area contributed by atoms with E-state index in [1.54, 1.807) is 6.92 Å². The molecule has 0 heterocycles. The zero-order chi connectivity index (χ0) is 15.3. The molecule has 0 bridgehead atoms. The lowest BCUT2D eigenvalue weighted by Gasteiger charge is -2.24. The minimum Gasteiger partial charge on any atom is -0.338 e. The van der Waals surface area contributed by atoms with Crippen LogP contribution in [0.25, 0.3) is 0 Å². The molecule has 0 saturated heterocycles. The van der Waals surface area contributed by atoms with Crippen molar-refractivity contribution >= 4 is 11.6 Å². The minimum absolute atomic E-state index is 0.194. The summed E-state index contributed by atoms with van der Waals surface area (Å²) in [6, 6.07) is 2.94. The molecule has 0 radical (unpaired) electrons. The molecule has 0 spiro atoms. The van der Waals surface area contributed by atoms with Crippen LogP contribution in [-0.2, 0) is 0 Å². The number of hydrogen-bond acceptors (Lipinski definition) is 3. The summed E-state index contributed by atoms with van der Waals surface area (Å²) >= 11 is 0. The van der Waals surface area contributed by atoms with Crippen molar-refractivity contribution in [2.75, 3.05) is 13.1 Å². The van der Waals surface area contributed by atoms with Gasteiger partial charge in [-0.25, -0.2) is 4.39 Å². The van der Waals surface area contributed by atoms with Gasteiger partial charge in [-0.15, -0.1) is 0 Å². The Morgan fingerprint density at radius 1 is 1.45 bits per heavy atom. The Morgan fingerprint density at radius 2 is 2.10 bits per heavy atom. The van der Waals surface area contributed by atoms with Crippen molar-refractivity contribution in [1.29, 1.82) is 0 Å². The summed E-state index contributed by atoms with van der Waals surface area (Å²) in [6.07, 6.45) is 0.898. The summed E-state index contributed by atoms with van der Waals surface area (Å²) in [7, 11) is 0. The van der Waals surface area contributed by atoms with E-state index in [0.717, 1.165) is 24.6 Å². The fraction of sp³-hybridized carbons (Fsp3) is 0.500. The van der Waals surface area contributed by atoms with Crippen LogP contribution < -0.4 is 0 Å². The number of carbonyl (C=O) groups is 1. The van der Waals surface area contributed by atoms with Crippen LogP contribution in [-0.4, -0.2) is 28.8 Å². The van der Waals surface area contributed by atoms with E-state index in [-0.39, 0.29) is 17.2 Å². The summed E-state index contributed by atoms with van der Waals surface area (Å²) in [5.74, 6) is -0.871. The SMILES string of the molecule is CCC(C)CN(CC)C(=O)c1cc(F)ccc1[N+](=O)[O-]. The third-order valence-corrected chi connectivity index (χ3v) is 3.28. The van der Waals surface area contributed by atoms with Crippen molar-refractivity contribution in [2.45, 2.75) is 27.2 Å². The highest BCUT2D eigenvalue weighted by Gasteiger charge is 2.25. The lowest BCUT2D eigenvalue weighted by Crippen LogP contribution is -2.35. The molecule has 1 atom stereocenters. The second-order valence-corrected chi connectivity index (χ2v) is 4.78. The normalized spacial score (nSPS) is 12.0. The molecule has 1 rings (SSSR count).